The molecule has 1 saturated heterocycles. The largest absolute Gasteiger partial charge is 0.486 e. The van der Waals surface area contributed by atoms with Crippen LogP contribution in [0.3, 0.4) is 0 Å². The van der Waals surface area contributed by atoms with E-state index >= 15 is 0 Å². The minimum absolute atomic E-state index is 0.634. The van der Waals surface area contributed by atoms with E-state index in [1.807, 2.05) is 6.07 Å². The van der Waals surface area contributed by atoms with E-state index in [2.05, 4.69) is 39.1 Å². The van der Waals surface area contributed by atoms with Crippen molar-refractivity contribution in [3.63, 3.8) is 0 Å². The van der Waals surface area contributed by atoms with Crippen LogP contribution in [0.1, 0.15) is 25.3 Å². The molecule has 2 aliphatic rings. The molecule has 2 aliphatic heterocycles. The Morgan fingerprint density at radius 3 is 2.52 bits per heavy atom. The average Bonchev–Trinajstić information content (AvgIpc) is 2.53. The highest BCUT2D eigenvalue weighted by Gasteiger charge is 2.22. The Labute approximate surface area is 134 Å². The number of nitrogens with zero attached hydrogens (tertiary/aromatic N) is 1. The molecule has 1 aromatic rings. The van der Waals surface area contributed by atoms with E-state index in [0.29, 0.717) is 19.3 Å². The number of hydrogen-bond donors (Lipinski definition) is 1. The number of halogens is 1. The van der Waals surface area contributed by atoms with Crippen LogP contribution in [0.4, 0.5) is 0 Å². The van der Waals surface area contributed by atoms with Crippen molar-refractivity contribution in [3.05, 3.63) is 22.2 Å². The first kappa shape index (κ1) is 15.1. The SMILES string of the molecule is CCN(Cc1cc2c(cc1Br)OCCO2)C1CCNCC1. The number of rotatable bonds is 4. The second-order valence-corrected chi connectivity index (χ2v) is 6.49. The van der Waals surface area contributed by atoms with Gasteiger partial charge in [-0.15, -0.1) is 0 Å². The van der Waals surface area contributed by atoms with Crippen LogP contribution in [0.2, 0.25) is 0 Å². The van der Waals surface area contributed by atoms with E-state index in [1.54, 1.807) is 0 Å². The van der Waals surface area contributed by atoms with Crippen LogP contribution in [0, 0.1) is 0 Å². The van der Waals surface area contributed by atoms with Gasteiger partial charge in [-0.3, -0.25) is 4.90 Å². The summed E-state index contributed by atoms with van der Waals surface area (Å²) in [5.41, 5.74) is 1.28. The lowest BCUT2D eigenvalue weighted by atomic mass is 10.0. The molecule has 0 aliphatic carbocycles. The van der Waals surface area contributed by atoms with Gasteiger partial charge in [0, 0.05) is 17.1 Å². The molecule has 1 fully saturated rings. The summed E-state index contributed by atoms with van der Waals surface area (Å²) in [4.78, 5) is 2.57. The van der Waals surface area contributed by atoms with Gasteiger partial charge in [-0.2, -0.15) is 0 Å². The lowest BCUT2D eigenvalue weighted by Crippen LogP contribution is -2.42. The third-order valence-corrected chi connectivity index (χ3v) is 5.05. The number of nitrogens with one attached hydrogen (secondary N) is 1. The summed E-state index contributed by atoms with van der Waals surface area (Å²) in [6, 6.07) is 4.85. The van der Waals surface area contributed by atoms with E-state index in [0.717, 1.165) is 42.2 Å². The smallest absolute Gasteiger partial charge is 0.162 e. The number of ether oxygens (including phenoxy) is 2. The first-order chi connectivity index (χ1) is 10.3. The van der Waals surface area contributed by atoms with Crippen LogP contribution in [-0.4, -0.2) is 43.8 Å². The van der Waals surface area contributed by atoms with Gasteiger partial charge in [0.25, 0.3) is 0 Å². The molecule has 2 heterocycles. The van der Waals surface area contributed by atoms with Crippen LogP contribution in [0.5, 0.6) is 11.5 Å². The van der Waals surface area contributed by atoms with Crippen LogP contribution >= 0.6 is 15.9 Å². The van der Waals surface area contributed by atoms with Gasteiger partial charge in [0.1, 0.15) is 13.2 Å². The first-order valence-electron chi connectivity index (χ1n) is 7.80. The molecule has 0 saturated carbocycles. The fraction of sp³-hybridized carbons (Fsp3) is 0.625. The van der Waals surface area contributed by atoms with Crippen molar-refractivity contribution < 1.29 is 9.47 Å². The van der Waals surface area contributed by atoms with Gasteiger partial charge < -0.3 is 14.8 Å². The Morgan fingerprint density at radius 2 is 1.86 bits per heavy atom. The molecule has 5 heteroatoms. The van der Waals surface area contributed by atoms with E-state index in [9.17, 15) is 0 Å². The fourth-order valence-electron chi connectivity index (χ4n) is 3.12. The molecule has 0 aromatic heterocycles. The number of hydrogen-bond acceptors (Lipinski definition) is 4. The molecule has 116 valence electrons. The standard InChI is InChI=1S/C16H23BrN2O2/c1-2-19(13-3-5-18-6-4-13)11-12-9-15-16(10-14(12)17)21-8-7-20-15/h9-10,13,18H,2-8,11H2,1H3. The summed E-state index contributed by atoms with van der Waals surface area (Å²) < 4.78 is 12.4. The van der Waals surface area contributed by atoms with E-state index < -0.39 is 0 Å². The maximum atomic E-state index is 5.71. The number of piperidine rings is 1. The maximum Gasteiger partial charge on any atom is 0.162 e. The third-order valence-electron chi connectivity index (χ3n) is 4.32. The van der Waals surface area contributed by atoms with Gasteiger partial charge in [0.2, 0.25) is 0 Å². The summed E-state index contributed by atoms with van der Waals surface area (Å²) in [5, 5.41) is 3.44. The van der Waals surface area contributed by atoms with E-state index in [1.165, 1.54) is 18.4 Å². The molecule has 0 amide bonds. The van der Waals surface area contributed by atoms with Crippen molar-refractivity contribution in [1.82, 2.24) is 10.2 Å². The van der Waals surface area contributed by atoms with Gasteiger partial charge in [0.15, 0.2) is 11.5 Å². The Balaban J connectivity index is 1.76. The van der Waals surface area contributed by atoms with Crippen molar-refractivity contribution in [2.45, 2.75) is 32.4 Å². The van der Waals surface area contributed by atoms with Crippen molar-refractivity contribution in [2.24, 2.45) is 0 Å². The molecule has 21 heavy (non-hydrogen) atoms. The Morgan fingerprint density at radius 1 is 1.19 bits per heavy atom. The molecular formula is C16H23BrN2O2. The van der Waals surface area contributed by atoms with Crippen LogP contribution in [-0.2, 0) is 6.54 Å². The molecule has 0 radical (unpaired) electrons. The summed E-state index contributed by atoms with van der Waals surface area (Å²) in [5.74, 6) is 1.72. The number of benzene rings is 1. The van der Waals surface area contributed by atoms with Crippen molar-refractivity contribution in [1.29, 1.82) is 0 Å². The van der Waals surface area contributed by atoms with Crippen LogP contribution < -0.4 is 14.8 Å². The van der Waals surface area contributed by atoms with Crippen molar-refractivity contribution in [3.8, 4) is 11.5 Å². The second-order valence-electron chi connectivity index (χ2n) is 5.63. The highest BCUT2D eigenvalue weighted by Crippen LogP contribution is 2.36. The van der Waals surface area contributed by atoms with Gasteiger partial charge >= 0.3 is 0 Å². The molecule has 0 atom stereocenters. The summed E-state index contributed by atoms with van der Waals surface area (Å²) in [7, 11) is 0. The Hall–Kier alpha value is -0.780. The van der Waals surface area contributed by atoms with Gasteiger partial charge in [-0.25, -0.2) is 0 Å². The van der Waals surface area contributed by atoms with Gasteiger partial charge in [-0.05, 0) is 50.2 Å². The Bertz CT molecular complexity index is 489. The monoisotopic (exact) mass is 354 g/mol. The molecule has 0 spiro atoms. The first-order valence-corrected chi connectivity index (χ1v) is 8.60. The fourth-order valence-corrected chi connectivity index (χ4v) is 3.56. The molecule has 3 rings (SSSR count). The van der Waals surface area contributed by atoms with Gasteiger partial charge in [0.05, 0.1) is 0 Å². The summed E-state index contributed by atoms with van der Waals surface area (Å²) in [6.45, 7) is 7.81. The minimum atomic E-state index is 0.634. The predicted octanol–water partition coefficient (Wildman–Crippen LogP) is 2.79. The molecule has 1 aromatic carbocycles. The molecule has 4 nitrogen and oxygen atoms in total. The molecule has 0 bridgehead atoms. The van der Waals surface area contributed by atoms with Crippen molar-refractivity contribution in [2.75, 3.05) is 32.8 Å². The lowest BCUT2D eigenvalue weighted by Gasteiger charge is -2.34. The van der Waals surface area contributed by atoms with Crippen LogP contribution in [0.15, 0.2) is 16.6 Å². The van der Waals surface area contributed by atoms with E-state index in [-0.39, 0.29) is 0 Å². The topological polar surface area (TPSA) is 33.7 Å². The second kappa shape index (κ2) is 6.99. The normalized spacial score (nSPS) is 19.0. The third kappa shape index (κ3) is 3.52. The van der Waals surface area contributed by atoms with Gasteiger partial charge in [-0.1, -0.05) is 22.9 Å². The summed E-state index contributed by atoms with van der Waals surface area (Å²) >= 11 is 3.68. The summed E-state index contributed by atoms with van der Waals surface area (Å²) in [6.07, 6.45) is 2.46. The zero-order chi connectivity index (χ0) is 14.7. The Kier molecular flexibility index (Phi) is 5.03. The average molecular weight is 355 g/mol. The maximum absolute atomic E-state index is 5.71. The van der Waals surface area contributed by atoms with Crippen LogP contribution in [0.25, 0.3) is 0 Å². The highest BCUT2D eigenvalue weighted by atomic mass is 79.9. The number of fused-ring (bicyclic) bond motifs is 1. The molecule has 1 N–H and O–H groups in total. The minimum Gasteiger partial charge on any atom is -0.486 e. The predicted molar refractivity (Wildman–Crippen MR) is 87.1 cm³/mol. The molecular weight excluding hydrogens is 332 g/mol. The van der Waals surface area contributed by atoms with Crippen molar-refractivity contribution >= 4 is 15.9 Å². The quantitative estimate of drug-likeness (QED) is 0.901. The zero-order valence-corrected chi connectivity index (χ0v) is 14.1. The lowest BCUT2D eigenvalue weighted by molar-refractivity contribution is 0.159. The molecule has 0 unspecified atom stereocenters. The highest BCUT2D eigenvalue weighted by molar-refractivity contribution is 9.10. The zero-order valence-electron chi connectivity index (χ0n) is 12.5. The van der Waals surface area contributed by atoms with E-state index in [4.69, 9.17) is 9.47 Å².